The van der Waals surface area contributed by atoms with Crippen LogP contribution in [-0.4, -0.2) is 9.97 Å². The van der Waals surface area contributed by atoms with Crippen LogP contribution in [0.15, 0.2) is 47.4 Å². The second-order valence-corrected chi connectivity index (χ2v) is 4.46. The Morgan fingerprint density at radius 2 is 1.89 bits per heavy atom. The van der Waals surface area contributed by atoms with Gasteiger partial charge >= 0.3 is 0 Å². The van der Waals surface area contributed by atoms with Crippen molar-refractivity contribution in [3.63, 3.8) is 0 Å². The van der Waals surface area contributed by atoms with Crippen molar-refractivity contribution >= 4 is 11.0 Å². The highest BCUT2D eigenvalue weighted by Crippen LogP contribution is 2.18. The minimum Gasteiger partial charge on any atom is -0.339 e. The van der Waals surface area contributed by atoms with Crippen LogP contribution < -0.4 is 5.43 Å². The fourth-order valence-corrected chi connectivity index (χ4v) is 2.01. The number of aryl methyl sites for hydroxylation is 1. The van der Waals surface area contributed by atoms with Crippen molar-refractivity contribution in [1.29, 1.82) is 0 Å². The predicted molar refractivity (Wildman–Crippen MR) is 72.5 cm³/mol. The molecule has 3 nitrogen and oxygen atoms in total. The van der Waals surface area contributed by atoms with E-state index in [1.807, 2.05) is 6.92 Å². The molecule has 0 saturated carbocycles. The summed E-state index contributed by atoms with van der Waals surface area (Å²) in [6, 6.07) is 9.29. The fraction of sp³-hybridized carbons (Fsp3) is 0.0667. The molecule has 0 amide bonds. The zero-order valence-electron chi connectivity index (χ0n) is 10.3. The van der Waals surface area contributed by atoms with Crippen LogP contribution in [-0.2, 0) is 0 Å². The Morgan fingerprint density at radius 3 is 2.63 bits per heavy atom. The Morgan fingerprint density at radius 1 is 1.16 bits per heavy atom. The lowest BCUT2D eigenvalue weighted by Gasteiger charge is -2.04. The van der Waals surface area contributed by atoms with Crippen molar-refractivity contribution in [1.82, 2.24) is 9.97 Å². The Labute approximate surface area is 108 Å². The number of nitrogens with zero attached hydrogens (tertiary/aromatic N) is 1. The summed E-state index contributed by atoms with van der Waals surface area (Å²) >= 11 is 0. The maximum absolute atomic E-state index is 12.9. The van der Waals surface area contributed by atoms with Crippen molar-refractivity contribution in [3.05, 3.63) is 64.2 Å². The van der Waals surface area contributed by atoms with E-state index in [9.17, 15) is 9.18 Å². The van der Waals surface area contributed by atoms with Gasteiger partial charge in [-0.2, -0.15) is 0 Å². The molecule has 0 spiro atoms. The van der Waals surface area contributed by atoms with Crippen LogP contribution in [0.1, 0.15) is 5.56 Å². The largest absolute Gasteiger partial charge is 0.339 e. The van der Waals surface area contributed by atoms with Gasteiger partial charge < -0.3 is 4.98 Å². The lowest BCUT2D eigenvalue weighted by molar-refractivity contribution is 0.628. The number of H-pyrrole nitrogens is 1. The summed E-state index contributed by atoms with van der Waals surface area (Å²) in [5, 5.41) is 0.561. The van der Waals surface area contributed by atoms with Gasteiger partial charge in [-0.1, -0.05) is 0 Å². The summed E-state index contributed by atoms with van der Waals surface area (Å²) in [6.07, 6.45) is 1.70. The molecule has 0 aliphatic carbocycles. The Bertz CT molecular complexity index is 806. The molecular weight excluding hydrogens is 243 g/mol. The molecule has 0 bridgehead atoms. The van der Waals surface area contributed by atoms with Gasteiger partial charge in [-0.15, -0.1) is 0 Å². The number of fused-ring (bicyclic) bond motifs is 1. The second kappa shape index (κ2) is 4.31. The number of halogens is 1. The van der Waals surface area contributed by atoms with Crippen LogP contribution in [0, 0.1) is 12.7 Å². The maximum Gasteiger partial charge on any atom is 0.191 e. The van der Waals surface area contributed by atoms with Gasteiger partial charge in [0, 0.05) is 12.3 Å². The molecular formula is C15H11FN2O. The van der Waals surface area contributed by atoms with E-state index in [2.05, 4.69) is 9.97 Å². The average Bonchev–Trinajstić information content (AvgIpc) is 2.40. The van der Waals surface area contributed by atoms with Gasteiger partial charge in [0.05, 0.1) is 11.1 Å². The van der Waals surface area contributed by atoms with E-state index in [4.69, 9.17) is 0 Å². The van der Waals surface area contributed by atoms with E-state index in [-0.39, 0.29) is 11.2 Å². The third-order valence-corrected chi connectivity index (χ3v) is 2.97. The lowest BCUT2D eigenvalue weighted by atomic mass is 10.1. The number of hydrogen-bond donors (Lipinski definition) is 1. The van der Waals surface area contributed by atoms with Crippen LogP contribution in [0.4, 0.5) is 4.39 Å². The predicted octanol–water partition coefficient (Wildman–Crippen LogP) is 3.04. The first-order chi connectivity index (χ1) is 9.13. The quantitative estimate of drug-likeness (QED) is 0.725. The fourth-order valence-electron chi connectivity index (χ4n) is 2.01. The van der Waals surface area contributed by atoms with Gasteiger partial charge in [0.1, 0.15) is 11.5 Å². The van der Waals surface area contributed by atoms with Gasteiger partial charge in [0.25, 0.3) is 0 Å². The van der Waals surface area contributed by atoms with Crippen molar-refractivity contribution in [2.45, 2.75) is 6.92 Å². The van der Waals surface area contributed by atoms with Gasteiger partial charge in [-0.25, -0.2) is 9.37 Å². The minimum absolute atomic E-state index is 0.0933. The van der Waals surface area contributed by atoms with Crippen LogP contribution in [0.3, 0.4) is 0 Å². The Hall–Kier alpha value is -2.49. The standard InChI is InChI=1S/C15H11FN2O/c1-9-6-12-14(19)7-13(18-15(12)17-8-9)10-2-4-11(16)5-3-10/h2-8H,1H3,(H,17,18,19). The monoisotopic (exact) mass is 254 g/mol. The molecule has 0 fully saturated rings. The van der Waals surface area contributed by atoms with E-state index in [0.717, 1.165) is 11.1 Å². The molecule has 19 heavy (non-hydrogen) atoms. The summed E-state index contributed by atoms with van der Waals surface area (Å²) < 4.78 is 12.9. The molecule has 1 N–H and O–H groups in total. The molecule has 0 unspecified atom stereocenters. The highest BCUT2D eigenvalue weighted by molar-refractivity contribution is 5.78. The van der Waals surface area contributed by atoms with Gasteiger partial charge in [-0.05, 0) is 48.4 Å². The average molecular weight is 254 g/mol. The van der Waals surface area contributed by atoms with E-state index < -0.39 is 0 Å². The van der Waals surface area contributed by atoms with E-state index >= 15 is 0 Å². The Balaban J connectivity index is 2.24. The van der Waals surface area contributed by atoms with E-state index in [1.54, 1.807) is 24.4 Å². The van der Waals surface area contributed by atoms with Gasteiger partial charge in [0.2, 0.25) is 0 Å². The van der Waals surface area contributed by atoms with Crippen LogP contribution in [0.25, 0.3) is 22.3 Å². The van der Waals surface area contributed by atoms with Gasteiger partial charge in [0.15, 0.2) is 5.43 Å². The number of nitrogens with one attached hydrogen (secondary N) is 1. The number of aromatic amines is 1. The van der Waals surface area contributed by atoms with E-state index in [1.165, 1.54) is 18.2 Å². The summed E-state index contributed by atoms with van der Waals surface area (Å²) in [4.78, 5) is 19.4. The zero-order valence-corrected chi connectivity index (χ0v) is 10.3. The molecule has 0 atom stereocenters. The van der Waals surface area contributed by atoms with Crippen molar-refractivity contribution < 1.29 is 4.39 Å². The highest BCUT2D eigenvalue weighted by atomic mass is 19.1. The third-order valence-electron chi connectivity index (χ3n) is 2.97. The minimum atomic E-state index is -0.305. The van der Waals surface area contributed by atoms with Crippen LogP contribution >= 0.6 is 0 Å². The highest BCUT2D eigenvalue weighted by Gasteiger charge is 2.05. The number of rotatable bonds is 1. The molecule has 2 heterocycles. The SMILES string of the molecule is Cc1cnc2[nH]c(-c3ccc(F)cc3)cc(=O)c2c1. The van der Waals surface area contributed by atoms with Gasteiger partial charge in [-0.3, -0.25) is 4.79 Å². The number of aromatic nitrogens is 2. The molecule has 0 aliphatic heterocycles. The Kier molecular flexibility index (Phi) is 2.63. The number of benzene rings is 1. The normalized spacial score (nSPS) is 10.8. The van der Waals surface area contributed by atoms with Crippen molar-refractivity contribution in [3.8, 4) is 11.3 Å². The summed E-state index contributed by atoms with van der Waals surface area (Å²) in [6.45, 7) is 1.89. The summed E-state index contributed by atoms with van der Waals surface area (Å²) in [7, 11) is 0. The second-order valence-electron chi connectivity index (χ2n) is 4.46. The molecule has 0 radical (unpaired) electrons. The van der Waals surface area contributed by atoms with E-state index in [0.29, 0.717) is 16.7 Å². The molecule has 3 rings (SSSR count). The molecule has 0 saturated heterocycles. The number of hydrogen-bond acceptors (Lipinski definition) is 2. The molecule has 2 aromatic heterocycles. The number of pyridine rings is 2. The lowest BCUT2D eigenvalue weighted by Crippen LogP contribution is -2.04. The maximum atomic E-state index is 12.9. The molecule has 1 aromatic carbocycles. The van der Waals surface area contributed by atoms with Crippen LogP contribution in [0.2, 0.25) is 0 Å². The molecule has 4 heteroatoms. The van der Waals surface area contributed by atoms with Crippen molar-refractivity contribution in [2.75, 3.05) is 0 Å². The van der Waals surface area contributed by atoms with Crippen LogP contribution in [0.5, 0.6) is 0 Å². The first-order valence-electron chi connectivity index (χ1n) is 5.89. The van der Waals surface area contributed by atoms with Crippen molar-refractivity contribution in [2.24, 2.45) is 0 Å². The zero-order chi connectivity index (χ0) is 13.4. The molecule has 94 valence electrons. The smallest absolute Gasteiger partial charge is 0.191 e. The summed E-state index contributed by atoms with van der Waals surface area (Å²) in [5.74, 6) is -0.305. The third kappa shape index (κ3) is 2.12. The first kappa shape index (κ1) is 11.6. The summed E-state index contributed by atoms with van der Waals surface area (Å²) in [5.41, 5.74) is 2.77. The first-order valence-corrected chi connectivity index (χ1v) is 5.89. The molecule has 0 aliphatic rings. The topological polar surface area (TPSA) is 45.8 Å². The molecule has 3 aromatic rings.